The third kappa shape index (κ3) is 2.78. The van der Waals surface area contributed by atoms with Gasteiger partial charge in [0, 0.05) is 5.56 Å². The Morgan fingerprint density at radius 2 is 1.71 bits per heavy atom. The number of benzene rings is 2. The van der Waals surface area contributed by atoms with Crippen molar-refractivity contribution in [3.63, 3.8) is 0 Å². The molecule has 2 aromatic carbocycles. The first kappa shape index (κ1) is 11.5. The van der Waals surface area contributed by atoms with Crippen LogP contribution in [0.2, 0.25) is 0 Å². The molecule has 0 atom stereocenters. The standard InChI is InChI=1S/C13H9F3O/c14-10-5-3-4-9(8-10)11-6-1-2-7-12(11)17-13(15)16/h1-8,13H. The van der Waals surface area contributed by atoms with Gasteiger partial charge in [0.2, 0.25) is 0 Å². The number of hydrogen-bond acceptors (Lipinski definition) is 1. The van der Waals surface area contributed by atoms with Gasteiger partial charge in [-0.3, -0.25) is 0 Å². The normalized spacial score (nSPS) is 10.6. The van der Waals surface area contributed by atoms with Crippen molar-refractivity contribution in [3.05, 3.63) is 54.3 Å². The van der Waals surface area contributed by atoms with Gasteiger partial charge >= 0.3 is 6.61 Å². The Balaban J connectivity index is 2.44. The topological polar surface area (TPSA) is 9.23 Å². The SMILES string of the molecule is Fc1cccc(-c2ccccc2OC(F)F)c1. The minimum absolute atomic E-state index is 0.0353. The summed E-state index contributed by atoms with van der Waals surface area (Å²) >= 11 is 0. The first-order valence-corrected chi connectivity index (χ1v) is 4.96. The van der Waals surface area contributed by atoms with Crippen LogP contribution >= 0.6 is 0 Å². The second-order valence-corrected chi connectivity index (χ2v) is 3.39. The summed E-state index contributed by atoms with van der Waals surface area (Å²) in [5, 5.41) is 0. The molecule has 0 aliphatic rings. The highest BCUT2D eigenvalue weighted by Gasteiger charge is 2.10. The highest BCUT2D eigenvalue weighted by molar-refractivity contribution is 5.70. The van der Waals surface area contributed by atoms with Crippen LogP contribution in [-0.2, 0) is 0 Å². The Labute approximate surface area is 96.5 Å². The smallest absolute Gasteiger partial charge is 0.387 e. The average Bonchev–Trinajstić information content (AvgIpc) is 2.29. The third-order valence-corrected chi connectivity index (χ3v) is 2.24. The molecule has 1 nitrogen and oxygen atoms in total. The van der Waals surface area contributed by atoms with Gasteiger partial charge in [0.15, 0.2) is 0 Å². The van der Waals surface area contributed by atoms with Crippen LogP contribution in [0.25, 0.3) is 11.1 Å². The summed E-state index contributed by atoms with van der Waals surface area (Å²) in [5.74, 6) is -0.387. The summed E-state index contributed by atoms with van der Waals surface area (Å²) in [5.41, 5.74) is 0.938. The van der Waals surface area contributed by atoms with Crippen molar-refractivity contribution in [3.8, 4) is 16.9 Å². The number of halogens is 3. The predicted molar refractivity (Wildman–Crippen MR) is 58.5 cm³/mol. The Hall–Kier alpha value is -1.97. The van der Waals surface area contributed by atoms with Gasteiger partial charge < -0.3 is 4.74 Å². The maximum absolute atomic E-state index is 13.1. The van der Waals surface area contributed by atoms with Gasteiger partial charge in [-0.15, -0.1) is 0 Å². The molecular formula is C13H9F3O. The lowest BCUT2D eigenvalue weighted by molar-refractivity contribution is -0.0494. The predicted octanol–water partition coefficient (Wildman–Crippen LogP) is 4.09. The van der Waals surface area contributed by atoms with Gasteiger partial charge in [-0.25, -0.2) is 4.39 Å². The Morgan fingerprint density at radius 1 is 0.941 bits per heavy atom. The average molecular weight is 238 g/mol. The summed E-state index contributed by atoms with van der Waals surface area (Å²) in [6.45, 7) is -2.90. The number of para-hydroxylation sites is 1. The molecule has 0 fully saturated rings. The maximum atomic E-state index is 13.1. The number of alkyl halides is 2. The second kappa shape index (κ2) is 4.91. The molecule has 0 aromatic heterocycles. The summed E-state index contributed by atoms with van der Waals surface area (Å²) in [4.78, 5) is 0. The zero-order valence-electron chi connectivity index (χ0n) is 8.74. The van der Waals surface area contributed by atoms with Gasteiger partial charge in [0.05, 0.1) is 0 Å². The van der Waals surface area contributed by atoms with Crippen LogP contribution < -0.4 is 4.74 Å². The molecule has 0 saturated heterocycles. The maximum Gasteiger partial charge on any atom is 0.387 e. The van der Waals surface area contributed by atoms with Crippen molar-refractivity contribution in [2.24, 2.45) is 0 Å². The summed E-state index contributed by atoms with van der Waals surface area (Å²) < 4.78 is 41.8. The van der Waals surface area contributed by atoms with Crippen LogP contribution in [0.5, 0.6) is 5.75 Å². The summed E-state index contributed by atoms with van der Waals surface area (Å²) in [6, 6.07) is 12.0. The van der Waals surface area contributed by atoms with E-state index in [9.17, 15) is 13.2 Å². The number of ether oxygens (including phenoxy) is 1. The van der Waals surface area contributed by atoms with Crippen molar-refractivity contribution in [2.45, 2.75) is 6.61 Å². The van der Waals surface area contributed by atoms with E-state index in [-0.39, 0.29) is 5.75 Å². The van der Waals surface area contributed by atoms with Gasteiger partial charge in [-0.1, -0.05) is 30.3 Å². The summed E-state index contributed by atoms with van der Waals surface area (Å²) in [7, 11) is 0. The molecule has 0 unspecified atom stereocenters. The van der Waals surface area contributed by atoms with E-state index in [1.807, 2.05) is 0 Å². The van der Waals surface area contributed by atoms with Crippen LogP contribution in [0.15, 0.2) is 48.5 Å². The van der Waals surface area contributed by atoms with E-state index in [2.05, 4.69) is 4.74 Å². The van der Waals surface area contributed by atoms with Gasteiger partial charge in [-0.05, 0) is 23.8 Å². The van der Waals surface area contributed by atoms with E-state index in [4.69, 9.17) is 0 Å². The fraction of sp³-hybridized carbons (Fsp3) is 0.0769. The molecule has 0 N–H and O–H groups in total. The van der Waals surface area contributed by atoms with Crippen molar-refractivity contribution in [1.29, 1.82) is 0 Å². The van der Waals surface area contributed by atoms with Crippen molar-refractivity contribution in [2.75, 3.05) is 0 Å². The molecule has 0 heterocycles. The zero-order valence-corrected chi connectivity index (χ0v) is 8.74. The van der Waals surface area contributed by atoms with Gasteiger partial charge in [-0.2, -0.15) is 8.78 Å². The van der Waals surface area contributed by atoms with Crippen LogP contribution in [0, 0.1) is 5.82 Å². The van der Waals surface area contributed by atoms with E-state index in [0.29, 0.717) is 11.1 Å². The van der Waals surface area contributed by atoms with Crippen LogP contribution in [0.4, 0.5) is 13.2 Å². The fourth-order valence-corrected chi connectivity index (χ4v) is 1.56. The highest BCUT2D eigenvalue weighted by atomic mass is 19.3. The molecule has 0 radical (unpaired) electrons. The Bertz CT molecular complexity index is 512. The third-order valence-electron chi connectivity index (χ3n) is 2.24. The lowest BCUT2D eigenvalue weighted by Gasteiger charge is -2.10. The van der Waals surface area contributed by atoms with Crippen molar-refractivity contribution < 1.29 is 17.9 Å². The molecule has 2 rings (SSSR count). The van der Waals surface area contributed by atoms with E-state index >= 15 is 0 Å². The molecule has 17 heavy (non-hydrogen) atoms. The minimum Gasteiger partial charge on any atom is -0.434 e. The van der Waals surface area contributed by atoms with E-state index < -0.39 is 12.4 Å². The molecule has 0 saturated carbocycles. The van der Waals surface area contributed by atoms with E-state index in [1.165, 1.54) is 24.3 Å². The van der Waals surface area contributed by atoms with Crippen molar-refractivity contribution in [1.82, 2.24) is 0 Å². The first-order valence-electron chi connectivity index (χ1n) is 4.96. The molecular weight excluding hydrogens is 229 g/mol. The van der Waals surface area contributed by atoms with Crippen LogP contribution in [0.1, 0.15) is 0 Å². The van der Waals surface area contributed by atoms with Gasteiger partial charge in [0.25, 0.3) is 0 Å². The molecule has 0 aliphatic carbocycles. The Kier molecular flexibility index (Phi) is 3.32. The largest absolute Gasteiger partial charge is 0.434 e. The fourth-order valence-electron chi connectivity index (χ4n) is 1.56. The first-order chi connectivity index (χ1) is 8.16. The minimum atomic E-state index is -2.90. The molecule has 0 aliphatic heterocycles. The number of hydrogen-bond donors (Lipinski definition) is 0. The quantitative estimate of drug-likeness (QED) is 0.782. The van der Waals surface area contributed by atoms with E-state index in [0.717, 1.165) is 0 Å². The Morgan fingerprint density at radius 3 is 2.41 bits per heavy atom. The molecule has 4 heteroatoms. The zero-order chi connectivity index (χ0) is 12.3. The van der Waals surface area contributed by atoms with Crippen molar-refractivity contribution >= 4 is 0 Å². The second-order valence-electron chi connectivity index (χ2n) is 3.39. The molecule has 88 valence electrons. The molecule has 0 bridgehead atoms. The monoisotopic (exact) mass is 238 g/mol. The number of rotatable bonds is 3. The molecule has 0 amide bonds. The summed E-state index contributed by atoms with van der Waals surface area (Å²) in [6.07, 6.45) is 0. The van der Waals surface area contributed by atoms with Gasteiger partial charge in [0.1, 0.15) is 11.6 Å². The lowest BCUT2D eigenvalue weighted by atomic mass is 10.0. The molecule has 2 aromatic rings. The van der Waals surface area contributed by atoms with Crippen LogP contribution in [-0.4, -0.2) is 6.61 Å². The van der Waals surface area contributed by atoms with Crippen LogP contribution in [0.3, 0.4) is 0 Å². The molecule has 0 spiro atoms. The lowest BCUT2D eigenvalue weighted by Crippen LogP contribution is -2.02. The van der Waals surface area contributed by atoms with E-state index in [1.54, 1.807) is 24.3 Å². The highest BCUT2D eigenvalue weighted by Crippen LogP contribution is 2.30.